The molecule has 31 heavy (non-hydrogen) atoms. The SMILES string of the molecule is CN(C)Cc1ccc(C2NC3=C=C=Cc4c3c(n[nH]c4=O)C2c2ccc(F)cc2)cc1. The number of benzene rings is 2. The molecule has 0 radical (unpaired) electrons. The van der Waals surface area contributed by atoms with Gasteiger partial charge in [-0.25, -0.2) is 9.49 Å². The summed E-state index contributed by atoms with van der Waals surface area (Å²) in [6, 6.07) is 14.7. The van der Waals surface area contributed by atoms with Crippen LogP contribution in [0.4, 0.5) is 4.39 Å². The Morgan fingerprint density at radius 2 is 1.77 bits per heavy atom. The second-order valence-electron chi connectivity index (χ2n) is 8.15. The summed E-state index contributed by atoms with van der Waals surface area (Å²) in [7, 11) is 4.08. The Balaban J connectivity index is 1.67. The van der Waals surface area contributed by atoms with Gasteiger partial charge in [-0.2, -0.15) is 5.10 Å². The number of aromatic nitrogens is 2. The van der Waals surface area contributed by atoms with Crippen LogP contribution < -0.4 is 10.9 Å². The zero-order chi connectivity index (χ0) is 21.5. The lowest BCUT2D eigenvalue weighted by Gasteiger charge is -2.36. The third-order valence-electron chi connectivity index (χ3n) is 5.71. The number of aromatic amines is 1. The third-order valence-corrected chi connectivity index (χ3v) is 5.71. The van der Waals surface area contributed by atoms with Crippen LogP contribution in [0.2, 0.25) is 0 Å². The summed E-state index contributed by atoms with van der Waals surface area (Å²) >= 11 is 0. The van der Waals surface area contributed by atoms with Crippen LogP contribution in [0.3, 0.4) is 0 Å². The minimum atomic E-state index is -0.292. The molecule has 0 saturated heterocycles. The predicted molar refractivity (Wildman–Crippen MR) is 118 cm³/mol. The van der Waals surface area contributed by atoms with Crippen LogP contribution in [0.1, 0.15) is 45.5 Å². The van der Waals surface area contributed by atoms with E-state index in [9.17, 15) is 9.18 Å². The van der Waals surface area contributed by atoms with E-state index in [1.165, 1.54) is 17.7 Å². The van der Waals surface area contributed by atoms with Gasteiger partial charge in [0.2, 0.25) is 0 Å². The maximum absolute atomic E-state index is 13.7. The van der Waals surface area contributed by atoms with Crippen LogP contribution >= 0.6 is 0 Å². The number of nitrogens with one attached hydrogen (secondary N) is 2. The summed E-state index contributed by atoms with van der Waals surface area (Å²) in [6.07, 6.45) is 1.63. The second kappa shape index (κ2) is 7.53. The van der Waals surface area contributed by atoms with Crippen molar-refractivity contribution >= 4 is 11.8 Å². The molecule has 0 amide bonds. The number of rotatable bonds is 4. The molecule has 1 aliphatic heterocycles. The maximum atomic E-state index is 13.7. The molecule has 0 spiro atoms. The van der Waals surface area contributed by atoms with Crippen molar-refractivity contribution in [3.8, 4) is 0 Å². The fraction of sp³-hybridized carbons (Fsp3) is 0.200. The topological polar surface area (TPSA) is 61.0 Å². The average Bonchev–Trinajstić information content (AvgIpc) is 2.77. The molecule has 2 aromatic carbocycles. The van der Waals surface area contributed by atoms with Gasteiger partial charge < -0.3 is 10.2 Å². The van der Waals surface area contributed by atoms with Crippen LogP contribution in [0, 0.1) is 5.82 Å². The van der Waals surface area contributed by atoms with E-state index < -0.39 is 0 Å². The molecule has 6 heteroatoms. The van der Waals surface area contributed by atoms with Gasteiger partial charge in [-0.05, 0) is 48.6 Å². The van der Waals surface area contributed by atoms with Gasteiger partial charge >= 0.3 is 0 Å². The van der Waals surface area contributed by atoms with Gasteiger partial charge in [-0.1, -0.05) is 42.1 Å². The van der Waals surface area contributed by atoms with Crippen molar-refractivity contribution in [2.24, 2.45) is 0 Å². The van der Waals surface area contributed by atoms with E-state index >= 15 is 0 Å². The monoisotopic (exact) mass is 412 g/mol. The Labute approximate surface area is 179 Å². The lowest BCUT2D eigenvalue weighted by Crippen LogP contribution is -2.36. The zero-order valence-corrected chi connectivity index (χ0v) is 17.2. The Morgan fingerprint density at radius 3 is 2.48 bits per heavy atom. The molecule has 1 aromatic heterocycles. The largest absolute Gasteiger partial charge is 0.370 e. The zero-order valence-electron chi connectivity index (χ0n) is 17.2. The minimum absolute atomic E-state index is 0.167. The fourth-order valence-electron chi connectivity index (χ4n) is 4.34. The van der Waals surface area contributed by atoms with Crippen molar-refractivity contribution in [1.82, 2.24) is 20.4 Å². The van der Waals surface area contributed by atoms with E-state index in [2.05, 4.69) is 56.1 Å². The maximum Gasteiger partial charge on any atom is 0.272 e. The predicted octanol–water partition coefficient (Wildman–Crippen LogP) is 3.57. The summed E-state index contributed by atoms with van der Waals surface area (Å²) in [5.41, 5.74) is 11.7. The van der Waals surface area contributed by atoms with Crippen LogP contribution in [-0.2, 0) is 6.54 Å². The fourth-order valence-corrected chi connectivity index (χ4v) is 4.34. The summed E-state index contributed by atoms with van der Waals surface area (Å²) in [6.45, 7) is 0.855. The van der Waals surface area contributed by atoms with Gasteiger partial charge in [0.15, 0.2) is 0 Å². The average molecular weight is 412 g/mol. The van der Waals surface area contributed by atoms with Crippen LogP contribution in [0.25, 0.3) is 11.8 Å². The Morgan fingerprint density at radius 1 is 1.06 bits per heavy atom. The number of nitrogens with zero attached hydrogens (tertiary/aromatic N) is 2. The van der Waals surface area contributed by atoms with Crippen molar-refractivity contribution in [3.05, 3.63) is 110 Å². The van der Waals surface area contributed by atoms with Gasteiger partial charge in [-0.3, -0.25) is 4.79 Å². The van der Waals surface area contributed by atoms with E-state index in [0.717, 1.165) is 28.9 Å². The van der Waals surface area contributed by atoms with E-state index in [1.807, 2.05) is 14.1 Å². The van der Waals surface area contributed by atoms with Gasteiger partial charge in [0, 0.05) is 18.2 Å². The van der Waals surface area contributed by atoms with Gasteiger partial charge in [-0.15, -0.1) is 0 Å². The molecule has 2 atom stereocenters. The first kappa shape index (κ1) is 19.3. The van der Waals surface area contributed by atoms with Crippen molar-refractivity contribution in [2.75, 3.05) is 14.1 Å². The molecule has 2 aliphatic rings. The molecule has 0 bridgehead atoms. The molecule has 0 saturated carbocycles. The van der Waals surface area contributed by atoms with Gasteiger partial charge in [0.25, 0.3) is 5.56 Å². The van der Waals surface area contributed by atoms with Crippen LogP contribution in [-0.4, -0.2) is 29.2 Å². The van der Waals surface area contributed by atoms with E-state index in [-0.39, 0.29) is 23.3 Å². The third kappa shape index (κ3) is 3.43. The normalized spacial score (nSPS) is 18.5. The second-order valence-corrected chi connectivity index (χ2v) is 8.15. The molecule has 3 aromatic rings. The number of hydrogen-bond donors (Lipinski definition) is 2. The highest BCUT2D eigenvalue weighted by molar-refractivity contribution is 5.79. The highest BCUT2D eigenvalue weighted by Crippen LogP contribution is 2.44. The van der Waals surface area contributed by atoms with E-state index in [0.29, 0.717) is 11.3 Å². The number of halogens is 1. The molecule has 5 rings (SSSR count). The smallest absolute Gasteiger partial charge is 0.272 e. The van der Waals surface area contributed by atoms with Crippen LogP contribution in [0.5, 0.6) is 0 Å². The van der Waals surface area contributed by atoms with Crippen molar-refractivity contribution < 1.29 is 4.39 Å². The molecule has 0 fully saturated rings. The molecular weight excluding hydrogens is 391 g/mol. The summed E-state index contributed by atoms with van der Waals surface area (Å²) < 4.78 is 13.7. The Kier molecular flexibility index (Phi) is 4.68. The van der Waals surface area contributed by atoms with Crippen molar-refractivity contribution in [2.45, 2.75) is 18.5 Å². The lowest BCUT2D eigenvalue weighted by molar-refractivity contribution is 0.402. The molecule has 5 nitrogen and oxygen atoms in total. The minimum Gasteiger partial charge on any atom is -0.370 e. The highest BCUT2D eigenvalue weighted by Gasteiger charge is 2.37. The molecule has 1 aliphatic carbocycles. The van der Waals surface area contributed by atoms with E-state index in [1.54, 1.807) is 18.2 Å². The van der Waals surface area contributed by atoms with Crippen molar-refractivity contribution in [1.29, 1.82) is 0 Å². The summed E-state index contributed by atoms with van der Waals surface area (Å²) in [4.78, 5) is 14.5. The molecular formula is C25H21FN4O. The summed E-state index contributed by atoms with van der Waals surface area (Å²) in [5, 5.41) is 10.6. The molecule has 2 heterocycles. The van der Waals surface area contributed by atoms with Crippen LogP contribution in [0.15, 0.2) is 64.8 Å². The first-order valence-electron chi connectivity index (χ1n) is 10.1. The number of H-pyrrole nitrogens is 1. The Hall–Kier alpha value is -3.69. The first-order chi connectivity index (χ1) is 15.0. The highest BCUT2D eigenvalue weighted by atomic mass is 19.1. The molecule has 2 N–H and O–H groups in total. The van der Waals surface area contributed by atoms with E-state index in [4.69, 9.17) is 0 Å². The first-order valence-corrected chi connectivity index (χ1v) is 10.1. The Bertz CT molecular complexity index is 1310. The standard InChI is InChI=1S/C25H21FN4O/c1-30(2)14-15-6-8-17(9-7-15)23-21(16-10-12-18(26)13-11-16)24-22-19(25(31)29-28-24)4-3-5-20(22)27-23/h4,6-13,21,23,27H,14H2,1-2H3,(H,29,31). The molecule has 2 unspecified atom stereocenters. The summed E-state index contributed by atoms with van der Waals surface area (Å²) in [5.74, 6) is -0.511. The van der Waals surface area contributed by atoms with Gasteiger partial charge in [0.05, 0.1) is 28.9 Å². The molecule has 154 valence electrons. The lowest BCUT2D eigenvalue weighted by atomic mass is 9.78. The quantitative estimate of drug-likeness (QED) is 0.644. The van der Waals surface area contributed by atoms with Gasteiger partial charge in [0.1, 0.15) is 5.82 Å². The number of hydrogen-bond acceptors (Lipinski definition) is 4. The van der Waals surface area contributed by atoms with Crippen molar-refractivity contribution in [3.63, 3.8) is 0 Å².